The molecule has 0 saturated carbocycles. The van der Waals surface area contributed by atoms with Gasteiger partial charge in [0, 0.05) is 17.1 Å². The second kappa shape index (κ2) is 7.75. The van der Waals surface area contributed by atoms with E-state index in [0.717, 1.165) is 5.56 Å². The molecule has 1 heterocycles. The maximum Gasteiger partial charge on any atom is 0.307 e. The van der Waals surface area contributed by atoms with Crippen LogP contribution in [0.15, 0.2) is 28.8 Å². The monoisotopic (exact) mass is 309 g/mol. The van der Waals surface area contributed by atoms with E-state index in [2.05, 4.69) is 15.5 Å². The topological polar surface area (TPSA) is 77.2 Å². The minimum atomic E-state index is -0.222. The van der Waals surface area contributed by atoms with Crippen molar-refractivity contribution < 1.29 is 14.1 Å². The number of aromatic nitrogens is 2. The van der Waals surface area contributed by atoms with Gasteiger partial charge < -0.3 is 14.6 Å². The smallest absolute Gasteiger partial charge is 0.307 e. The molecule has 0 saturated heterocycles. The average molecular weight is 310 g/mol. The molecule has 0 amide bonds. The molecular weight excluding hydrogens is 294 g/mol. The van der Waals surface area contributed by atoms with Crippen LogP contribution in [0.25, 0.3) is 11.5 Å². The molecule has 7 heteroatoms. The van der Waals surface area contributed by atoms with E-state index in [4.69, 9.17) is 20.9 Å². The Morgan fingerprint density at radius 1 is 1.38 bits per heavy atom. The molecule has 0 spiro atoms. The largest absolute Gasteiger partial charge is 0.466 e. The number of carbonyl (C=O) groups excluding carboxylic acids is 1. The summed E-state index contributed by atoms with van der Waals surface area (Å²) in [7, 11) is 0. The molecule has 2 aromatic rings. The number of hydrogen-bond donors (Lipinski definition) is 1. The van der Waals surface area contributed by atoms with E-state index in [0.29, 0.717) is 42.9 Å². The molecule has 1 aromatic heterocycles. The number of benzene rings is 1. The van der Waals surface area contributed by atoms with Gasteiger partial charge in [-0.2, -0.15) is 4.98 Å². The first kappa shape index (κ1) is 15.5. The summed E-state index contributed by atoms with van der Waals surface area (Å²) in [4.78, 5) is 15.4. The second-order valence-electron chi connectivity index (χ2n) is 4.25. The molecule has 21 heavy (non-hydrogen) atoms. The van der Waals surface area contributed by atoms with Gasteiger partial charge in [0.25, 0.3) is 5.89 Å². The maximum atomic E-state index is 11.1. The van der Waals surface area contributed by atoms with Crippen LogP contribution in [0.4, 0.5) is 0 Å². The molecule has 1 aromatic carbocycles. The highest BCUT2D eigenvalue weighted by Gasteiger charge is 2.08. The van der Waals surface area contributed by atoms with Gasteiger partial charge in [-0.05, 0) is 31.2 Å². The number of halogens is 1. The molecular formula is C14H16ClN3O3. The minimum Gasteiger partial charge on any atom is -0.466 e. The Labute approximate surface area is 127 Å². The molecule has 0 unspecified atom stereocenters. The predicted molar refractivity (Wildman–Crippen MR) is 77.7 cm³/mol. The summed E-state index contributed by atoms with van der Waals surface area (Å²) >= 11 is 5.82. The first-order chi connectivity index (χ1) is 10.2. The van der Waals surface area contributed by atoms with E-state index in [1.807, 2.05) is 12.1 Å². The molecule has 1 N–H and O–H groups in total. The predicted octanol–water partition coefficient (Wildman–Crippen LogP) is 2.43. The fourth-order valence-electron chi connectivity index (χ4n) is 1.66. The van der Waals surface area contributed by atoms with Crippen molar-refractivity contribution in [2.24, 2.45) is 0 Å². The molecule has 2 rings (SSSR count). The number of carbonyl (C=O) groups is 1. The van der Waals surface area contributed by atoms with Crippen molar-refractivity contribution >= 4 is 17.6 Å². The van der Waals surface area contributed by atoms with Crippen LogP contribution in [0.1, 0.15) is 19.2 Å². The third-order valence-corrected chi connectivity index (χ3v) is 2.91. The highest BCUT2D eigenvalue weighted by Crippen LogP contribution is 2.19. The van der Waals surface area contributed by atoms with Crippen LogP contribution in [0.5, 0.6) is 0 Å². The summed E-state index contributed by atoms with van der Waals surface area (Å²) in [5, 5.41) is 7.58. The van der Waals surface area contributed by atoms with Gasteiger partial charge in [0.15, 0.2) is 5.82 Å². The van der Waals surface area contributed by atoms with Crippen LogP contribution in [-0.2, 0) is 16.1 Å². The molecule has 6 nitrogen and oxygen atoms in total. The van der Waals surface area contributed by atoms with E-state index in [1.54, 1.807) is 19.1 Å². The van der Waals surface area contributed by atoms with E-state index in [-0.39, 0.29) is 5.97 Å². The number of nitrogens with one attached hydrogen (secondary N) is 1. The summed E-state index contributed by atoms with van der Waals surface area (Å²) < 4.78 is 10.00. The molecule has 0 atom stereocenters. The first-order valence-corrected chi connectivity index (χ1v) is 7.01. The third-order valence-electron chi connectivity index (χ3n) is 2.65. The van der Waals surface area contributed by atoms with Crippen molar-refractivity contribution in [1.82, 2.24) is 15.5 Å². The van der Waals surface area contributed by atoms with Gasteiger partial charge in [0.1, 0.15) is 0 Å². The SMILES string of the molecule is CCOC(=O)CCNCc1noc(-c2ccc(Cl)cc2)n1. The fourth-order valence-corrected chi connectivity index (χ4v) is 1.79. The van der Waals surface area contributed by atoms with Gasteiger partial charge >= 0.3 is 5.97 Å². The number of hydrogen-bond acceptors (Lipinski definition) is 6. The summed E-state index contributed by atoms with van der Waals surface area (Å²) in [6, 6.07) is 7.15. The van der Waals surface area contributed by atoms with Gasteiger partial charge in [-0.25, -0.2) is 0 Å². The Bertz CT molecular complexity index is 583. The zero-order valence-electron chi connectivity index (χ0n) is 11.6. The summed E-state index contributed by atoms with van der Waals surface area (Å²) in [6.07, 6.45) is 0.315. The molecule has 0 aliphatic carbocycles. The van der Waals surface area contributed by atoms with Crippen molar-refractivity contribution in [2.45, 2.75) is 19.9 Å². The second-order valence-corrected chi connectivity index (χ2v) is 4.69. The minimum absolute atomic E-state index is 0.222. The number of ether oxygens (including phenoxy) is 1. The molecule has 0 radical (unpaired) electrons. The Balaban J connectivity index is 1.81. The van der Waals surface area contributed by atoms with Crippen LogP contribution < -0.4 is 5.32 Å². The lowest BCUT2D eigenvalue weighted by Crippen LogP contribution is -2.19. The molecule has 0 aliphatic rings. The van der Waals surface area contributed by atoms with E-state index in [1.165, 1.54) is 0 Å². The number of nitrogens with zero attached hydrogens (tertiary/aromatic N) is 2. The lowest BCUT2D eigenvalue weighted by molar-refractivity contribution is -0.142. The van der Waals surface area contributed by atoms with Crippen molar-refractivity contribution in [3.63, 3.8) is 0 Å². The zero-order valence-corrected chi connectivity index (χ0v) is 12.4. The van der Waals surface area contributed by atoms with Gasteiger partial charge in [0.2, 0.25) is 0 Å². The van der Waals surface area contributed by atoms with Crippen LogP contribution in [0.2, 0.25) is 5.02 Å². The standard InChI is InChI=1S/C14H16ClN3O3/c1-2-20-13(19)7-8-16-9-12-17-14(21-18-12)10-3-5-11(15)6-4-10/h3-6,16H,2,7-9H2,1H3. The van der Waals surface area contributed by atoms with Gasteiger partial charge in [0.05, 0.1) is 19.6 Å². The first-order valence-electron chi connectivity index (χ1n) is 6.64. The lowest BCUT2D eigenvalue weighted by atomic mass is 10.2. The van der Waals surface area contributed by atoms with E-state index >= 15 is 0 Å². The highest BCUT2D eigenvalue weighted by atomic mass is 35.5. The fraction of sp³-hybridized carbons (Fsp3) is 0.357. The summed E-state index contributed by atoms with van der Waals surface area (Å²) in [5.41, 5.74) is 0.810. The Hall–Kier alpha value is -1.92. The molecule has 112 valence electrons. The molecule has 0 fully saturated rings. The zero-order chi connectivity index (χ0) is 15.1. The van der Waals surface area contributed by atoms with Crippen molar-refractivity contribution in [3.8, 4) is 11.5 Å². The maximum absolute atomic E-state index is 11.1. The molecule has 0 bridgehead atoms. The Morgan fingerprint density at radius 3 is 2.86 bits per heavy atom. The Morgan fingerprint density at radius 2 is 2.14 bits per heavy atom. The van der Waals surface area contributed by atoms with Crippen LogP contribution in [0.3, 0.4) is 0 Å². The van der Waals surface area contributed by atoms with Crippen LogP contribution in [-0.4, -0.2) is 29.3 Å². The van der Waals surface area contributed by atoms with Gasteiger partial charge in [-0.1, -0.05) is 16.8 Å². The van der Waals surface area contributed by atoms with Gasteiger partial charge in [-0.3, -0.25) is 4.79 Å². The Kier molecular flexibility index (Phi) is 5.71. The van der Waals surface area contributed by atoms with Crippen molar-refractivity contribution in [3.05, 3.63) is 35.1 Å². The summed E-state index contributed by atoms with van der Waals surface area (Å²) in [5.74, 6) is 0.748. The van der Waals surface area contributed by atoms with Crippen molar-refractivity contribution in [2.75, 3.05) is 13.2 Å². The van der Waals surface area contributed by atoms with E-state index < -0.39 is 0 Å². The van der Waals surface area contributed by atoms with E-state index in [9.17, 15) is 4.79 Å². The normalized spacial score (nSPS) is 10.6. The molecule has 0 aliphatic heterocycles. The number of esters is 1. The quantitative estimate of drug-likeness (QED) is 0.625. The van der Waals surface area contributed by atoms with Gasteiger partial charge in [-0.15, -0.1) is 0 Å². The highest BCUT2D eigenvalue weighted by molar-refractivity contribution is 6.30. The van der Waals surface area contributed by atoms with Crippen molar-refractivity contribution in [1.29, 1.82) is 0 Å². The lowest BCUT2D eigenvalue weighted by Gasteiger charge is -2.01. The van der Waals surface area contributed by atoms with Crippen LogP contribution >= 0.6 is 11.6 Å². The third kappa shape index (κ3) is 4.84. The number of rotatable bonds is 7. The average Bonchev–Trinajstić information content (AvgIpc) is 2.93. The van der Waals surface area contributed by atoms with Crippen LogP contribution in [0, 0.1) is 0 Å². The summed E-state index contributed by atoms with van der Waals surface area (Å²) in [6.45, 7) is 3.11.